The smallest absolute Gasteiger partial charge is 0.226 e. The molecule has 1 saturated heterocycles. The average Bonchev–Trinajstić information content (AvgIpc) is 3.12. The third-order valence-electron chi connectivity index (χ3n) is 4.70. The molecule has 2 aliphatic rings. The van der Waals surface area contributed by atoms with Crippen molar-refractivity contribution in [2.24, 2.45) is 5.41 Å². The Hall–Kier alpha value is -1.36. The van der Waals surface area contributed by atoms with Crippen LogP contribution in [-0.4, -0.2) is 24.4 Å². The largest absolute Gasteiger partial charge is 0.354 e. The van der Waals surface area contributed by atoms with Crippen LogP contribution in [0.4, 0.5) is 0 Å². The van der Waals surface area contributed by atoms with Crippen LogP contribution in [0.2, 0.25) is 0 Å². The summed E-state index contributed by atoms with van der Waals surface area (Å²) in [6, 6.07) is 4.13. The molecule has 0 bridgehead atoms. The van der Waals surface area contributed by atoms with Gasteiger partial charge in [0.2, 0.25) is 11.8 Å². The van der Waals surface area contributed by atoms with E-state index in [2.05, 4.69) is 22.1 Å². The van der Waals surface area contributed by atoms with Gasteiger partial charge in [-0.2, -0.15) is 0 Å². The van der Waals surface area contributed by atoms with E-state index in [1.807, 2.05) is 6.07 Å². The molecule has 5 heteroatoms. The highest BCUT2D eigenvalue weighted by Crippen LogP contribution is 2.40. The zero-order valence-electron chi connectivity index (χ0n) is 12.2. The molecule has 0 spiro atoms. The van der Waals surface area contributed by atoms with Gasteiger partial charge in [0.1, 0.15) is 0 Å². The van der Waals surface area contributed by atoms with E-state index in [9.17, 15) is 9.59 Å². The zero-order chi connectivity index (χ0) is 14.7. The van der Waals surface area contributed by atoms with E-state index in [-0.39, 0.29) is 23.3 Å². The van der Waals surface area contributed by atoms with Crippen LogP contribution in [-0.2, 0) is 16.0 Å². The fourth-order valence-corrected chi connectivity index (χ4v) is 4.35. The van der Waals surface area contributed by atoms with E-state index in [0.29, 0.717) is 13.0 Å². The first-order chi connectivity index (χ1) is 10.2. The summed E-state index contributed by atoms with van der Waals surface area (Å²) in [7, 11) is 0. The fraction of sp³-hybridized carbons (Fsp3) is 0.625. The highest BCUT2D eigenvalue weighted by Gasteiger charge is 2.41. The fourth-order valence-electron chi connectivity index (χ4n) is 3.51. The molecule has 1 aliphatic heterocycles. The Bertz CT molecular complexity index is 506. The van der Waals surface area contributed by atoms with Gasteiger partial charge < -0.3 is 10.6 Å². The van der Waals surface area contributed by atoms with Crippen molar-refractivity contribution >= 4 is 23.2 Å². The first-order valence-corrected chi connectivity index (χ1v) is 8.66. The summed E-state index contributed by atoms with van der Waals surface area (Å²) in [4.78, 5) is 25.4. The molecule has 1 aromatic heterocycles. The summed E-state index contributed by atoms with van der Waals surface area (Å²) >= 11 is 1.73. The van der Waals surface area contributed by atoms with Crippen molar-refractivity contribution < 1.29 is 9.59 Å². The highest BCUT2D eigenvalue weighted by molar-refractivity contribution is 7.09. The Morgan fingerprint density at radius 1 is 1.38 bits per heavy atom. The van der Waals surface area contributed by atoms with Crippen molar-refractivity contribution in [2.75, 3.05) is 6.54 Å². The summed E-state index contributed by atoms with van der Waals surface area (Å²) in [6.07, 6.45) is 6.66. The van der Waals surface area contributed by atoms with Crippen LogP contribution in [0.15, 0.2) is 17.5 Å². The van der Waals surface area contributed by atoms with Gasteiger partial charge in [-0.3, -0.25) is 9.59 Å². The first-order valence-electron chi connectivity index (χ1n) is 7.78. The molecule has 1 aliphatic carbocycles. The molecular formula is C16H22N2O2S. The van der Waals surface area contributed by atoms with Crippen LogP contribution in [0.5, 0.6) is 0 Å². The quantitative estimate of drug-likeness (QED) is 0.896. The maximum absolute atomic E-state index is 12.9. The second-order valence-corrected chi connectivity index (χ2v) is 7.31. The Kier molecular flexibility index (Phi) is 4.29. The van der Waals surface area contributed by atoms with Gasteiger partial charge in [0.25, 0.3) is 0 Å². The molecular weight excluding hydrogens is 284 g/mol. The van der Waals surface area contributed by atoms with E-state index >= 15 is 0 Å². The minimum absolute atomic E-state index is 0.0351. The van der Waals surface area contributed by atoms with E-state index in [1.54, 1.807) is 11.3 Å². The maximum atomic E-state index is 12.9. The van der Waals surface area contributed by atoms with Gasteiger partial charge >= 0.3 is 0 Å². The molecule has 0 aromatic carbocycles. The molecule has 21 heavy (non-hydrogen) atoms. The topological polar surface area (TPSA) is 58.2 Å². The number of amides is 2. The van der Waals surface area contributed by atoms with Crippen molar-refractivity contribution in [2.45, 2.75) is 51.0 Å². The predicted molar refractivity (Wildman–Crippen MR) is 83.1 cm³/mol. The van der Waals surface area contributed by atoms with Gasteiger partial charge in [-0.15, -0.1) is 11.3 Å². The molecule has 0 radical (unpaired) electrons. The number of hydrogen-bond donors (Lipinski definition) is 2. The zero-order valence-corrected chi connectivity index (χ0v) is 13.0. The molecule has 4 nitrogen and oxygen atoms in total. The van der Waals surface area contributed by atoms with Crippen LogP contribution < -0.4 is 10.6 Å². The number of thiophene rings is 1. The lowest BCUT2D eigenvalue weighted by Gasteiger charge is -2.36. The van der Waals surface area contributed by atoms with Crippen molar-refractivity contribution in [3.8, 4) is 0 Å². The number of carbonyl (C=O) groups excluding carboxylic acids is 2. The van der Waals surface area contributed by atoms with Crippen LogP contribution in [0.1, 0.15) is 43.4 Å². The molecule has 1 unspecified atom stereocenters. The number of hydrogen-bond acceptors (Lipinski definition) is 3. The SMILES string of the molecule is O=C1CC(NC(=O)C2(Cc3cccs3)CCCCC2)CN1. The summed E-state index contributed by atoms with van der Waals surface area (Å²) in [5.74, 6) is 0.188. The number of carbonyl (C=O) groups is 2. The molecule has 114 valence electrons. The lowest BCUT2D eigenvalue weighted by Crippen LogP contribution is -2.48. The summed E-state index contributed by atoms with van der Waals surface area (Å²) < 4.78 is 0. The molecule has 2 N–H and O–H groups in total. The average molecular weight is 306 g/mol. The van der Waals surface area contributed by atoms with Gasteiger partial charge in [-0.25, -0.2) is 0 Å². The first kappa shape index (κ1) is 14.6. The van der Waals surface area contributed by atoms with Gasteiger partial charge in [0.05, 0.1) is 11.5 Å². The monoisotopic (exact) mass is 306 g/mol. The molecule has 2 amide bonds. The number of nitrogens with one attached hydrogen (secondary N) is 2. The summed E-state index contributed by atoms with van der Waals surface area (Å²) in [6.45, 7) is 0.569. The van der Waals surface area contributed by atoms with Gasteiger partial charge in [0, 0.05) is 17.8 Å². The van der Waals surface area contributed by atoms with Crippen LogP contribution in [0, 0.1) is 5.41 Å². The third-order valence-corrected chi connectivity index (χ3v) is 5.57. The van der Waals surface area contributed by atoms with E-state index in [1.165, 1.54) is 11.3 Å². The molecule has 2 heterocycles. The summed E-state index contributed by atoms with van der Waals surface area (Å²) in [5.41, 5.74) is -0.269. The van der Waals surface area contributed by atoms with Crippen LogP contribution in [0.25, 0.3) is 0 Å². The Labute approximate surface area is 129 Å². The predicted octanol–water partition coefficient (Wildman–Crippen LogP) is 2.25. The minimum atomic E-state index is -0.269. The van der Waals surface area contributed by atoms with Crippen molar-refractivity contribution in [1.29, 1.82) is 0 Å². The lowest BCUT2D eigenvalue weighted by molar-refractivity contribution is -0.133. The molecule has 1 atom stereocenters. The highest BCUT2D eigenvalue weighted by atomic mass is 32.1. The molecule has 3 rings (SSSR count). The third kappa shape index (κ3) is 3.28. The molecule has 1 saturated carbocycles. The van der Waals surface area contributed by atoms with Gasteiger partial charge in [-0.05, 0) is 30.7 Å². The van der Waals surface area contributed by atoms with Gasteiger partial charge in [0.15, 0.2) is 0 Å². The van der Waals surface area contributed by atoms with Crippen molar-refractivity contribution in [3.05, 3.63) is 22.4 Å². The molecule has 1 aromatic rings. The Morgan fingerprint density at radius 3 is 2.81 bits per heavy atom. The van der Waals surface area contributed by atoms with E-state index in [0.717, 1.165) is 32.1 Å². The second-order valence-electron chi connectivity index (χ2n) is 6.28. The van der Waals surface area contributed by atoms with E-state index < -0.39 is 0 Å². The second kappa shape index (κ2) is 6.18. The Balaban J connectivity index is 1.71. The lowest BCUT2D eigenvalue weighted by atomic mass is 9.70. The van der Waals surface area contributed by atoms with Crippen LogP contribution >= 0.6 is 11.3 Å². The number of rotatable bonds is 4. The van der Waals surface area contributed by atoms with Crippen LogP contribution in [0.3, 0.4) is 0 Å². The van der Waals surface area contributed by atoms with Gasteiger partial charge in [-0.1, -0.05) is 25.3 Å². The maximum Gasteiger partial charge on any atom is 0.226 e. The van der Waals surface area contributed by atoms with Crippen molar-refractivity contribution in [1.82, 2.24) is 10.6 Å². The minimum Gasteiger partial charge on any atom is -0.354 e. The standard InChI is InChI=1S/C16H22N2O2S/c19-14-9-12(11-17-14)18-15(20)16(6-2-1-3-7-16)10-13-5-4-8-21-13/h4-5,8,12H,1-3,6-7,9-11H2,(H,17,19)(H,18,20). The molecule has 2 fully saturated rings. The Morgan fingerprint density at radius 2 is 2.19 bits per heavy atom. The van der Waals surface area contributed by atoms with E-state index in [4.69, 9.17) is 0 Å². The van der Waals surface area contributed by atoms with Crippen molar-refractivity contribution in [3.63, 3.8) is 0 Å². The normalized spacial score (nSPS) is 24.6. The summed E-state index contributed by atoms with van der Waals surface area (Å²) in [5, 5.41) is 7.97.